The highest BCUT2D eigenvalue weighted by molar-refractivity contribution is 5.01. The normalized spacial score (nSPS) is 30.6. The van der Waals surface area contributed by atoms with Crippen LogP contribution in [0, 0.1) is 5.41 Å². The van der Waals surface area contributed by atoms with Crippen LogP contribution in [0.15, 0.2) is 12.7 Å². The second-order valence-electron chi connectivity index (χ2n) is 6.93. The Labute approximate surface area is 140 Å². The highest BCUT2D eigenvalue weighted by Gasteiger charge is 2.51. The van der Waals surface area contributed by atoms with Gasteiger partial charge in [0, 0.05) is 28.4 Å². The Balaban J connectivity index is 3.10. The molecule has 1 aliphatic rings. The average Bonchev–Trinajstić information content (AvgIpc) is 2.76. The van der Waals surface area contributed by atoms with Crippen molar-refractivity contribution in [2.75, 3.05) is 41.7 Å². The molecule has 1 heterocycles. The fraction of sp³-hybridized carbons (Fsp3) is 0.882. The zero-order valence-electron chi connectivity index (χ0n) is 15.6. The molecule has 1 aliphatic heterocycles. The molecule has 0 radical (unpaired) electrons. The van der Waals surface area contributed by atoms with Crippen molar-refractivity contribution in [3.8, 4) is 0 Å². The van der Waals surface area contributed by atoms with Crippen molar-refractivity contribution in [1.82, 2.24) is 5.06 Å². The number of ether oxygens (including phenoxy) is 4. The van der Waals surface area contributed by atoms with Gasteiger partial charge in [-0.3, -0.25) is 4.84 Å². The molecule has 0 saturated carbocycles. The van der Waals surface area contributed by atoms with Crippen molar-refractivity contribution in [2.45, 2.75) is 51.2 Å². The van der Waals surface area contributed by atoms with E-state index < -0.39 is 0 Å². The summed E-state index contributed by atoms with van der Waals surface area (Å²) in [5.74, 6) is 0. The second-order valence-corrected chi connectivity index (χ2v) is 6.93. The molecule has 0 amide bonds. The van der Waals surface area contributed by atoms with Gasteiger partial charge in [-0.1, -0.05) is 26.8 Å². The SMILES string of the molecule is C=C[C@@H](ON1[C@@H](COC)[C@@H](OC)[C@H](OC)[C@@H]1COC)C(C)(C)C. The highest BCUT2D eigenvalue weighted by Crippen LogP contribution is 2.34. The lowest BCUT2D eigenvalue weighted by atomic mass is 9.89. The Morgan fingerprint density at radius 3 is 1.65 bits per heavy atom. The highest BCUT2D eigenvalue weighted by atomic mass is 16.7. The Morgan fingerprint density at radius 1 is 0.957 bits per heavy atom. The fourth-order valence-corrected chi connectivity index (χ4v) is 3.08. The summed E-state index contributed by atoms with van der Waals surface area (Å²) in [6.45, 7) is 11.2. The van der Waals surface area contributed by atoms with Crippen molar-refractivity contribution in [1.29, 1.82) is 0 Å². The van der Waals surface area contributed by atoms with Crippen LogP contribution in [0.3, 0.4) is 0 Å². The topological polar surface area (TPSA) is 49.4 Å². The van der Waals surface area contributed by atoms with E-state index >= 15 is 0 Å². The molecular weight excluding hydrogens is 298 g/mol. The third kappa shape index (κ3) is 4.75. The van der Waals surface area contributed by atoms with Crippen LogP contribution in [0.1, 0.15) is 20.8 Å². The summed E-state index contributed by atoms with van der Waals surface area (Å²) >= 11 is 0. The number of hydrogen-bond acceptors (Lipinski definition) is 6. The van der Waals surface area contributed by atoms with Crippen LogP contribution in [0.2, 0.25) is 0 Å². The van der Waals surface area contributed by atoms with Crippen molar-refractivity contribution in [3.63, 3.8) is 0 Å². The smallest absolute Gasteiger partial charge is 0.105 e. The summed E-state index contributed by atoms with van der Waals surface area (Å²) in [4.78, 5) is 6.31. The van der Waals surface area contributed by atoms with Gasteiger partial charge in [-0.2, -0.15) is 5.06 Å². The molecule has 0 unspecified atom stereocenters. The van der Waals surface area contributed by atoms with Gasteiger partial charge in [0.2, 0.25) is 0 Å². The quantitative estimate of drug-likeness (QED) is 0.602. The Bertz CT molecular complexity index is 337. The minimum Gasteiger partial charge on any atom is -0.383 e. The monoisotopic (exact) mass is 331 g/mol. The first-order valence-corrected chi connectivity index (χ1v) is 7.96. The first kappa shape index (κ1) is 20.5. The summed E-state index contributed by atoms with van der Waals surface area (Å²) in [5.41, 5.74) is -0.0787. The largest absolute Gasteiger partial charge is 0.383 e. The molecule has 0 bridgehead atoms. The lowest BCUT2D eigenvalue weighted by Crippen LogP contribution is -2.47. The molecule has 1 fully saturated rings. The lowest BCUT2D eigenvalue weighted by molar-refractivity contribution is -0.253. The van der Waals surface area contributed by atoms with Crippen LogP contribution in [0.25, 0.3) is 0 Å². The van der Waals surface area contributed by atoms with Gasteiger partial charge in [-0.25, -0.2) is 0 Å². The maximum absolute atomic E-state index is 6.31. The third-order valence-electron chi connectivity index (χ3n) is 4.26. The van der Waals surface area contributed by atoms with Crippen molar-refractivity contribution >= 4 is 0 Å². The van der Waals surface area contributed by atoms with Crippen LogP contribution in [-0.4, -0.2) is 77.1 Å². The predicted octanol–water partition coefficient (Wildman–Crippen LogP) is 1.89. The summed E-state index contributed by atoms with van der Waals surface area (Å²) in [5, 5.41) is 1.92. The molecule has 0 aromatic rings. The van der Waals surface area contributed by atoms with Crippen molar-refractivity contribution < 1.29 is 23.8 Å². The predicted molar refractivity (Wildman–Crippen MR) is 89.3 cm³/mol. The van der Waals surface area contributed by atoms with Gasteiger partial charge in [-0.05, 0) is 5.41 Å². The van der Waals surface area contributed by atoms with E-state index in [1.54, 1.807) is 28.4 Å². The zero-order chi connectivity index (χ0) is 17.6. The first-order chi connectivity index (χ1) is 10.8. The minimum atomic E-state index is -0.162. The Morgan fingerprint density at radius 2 is 1.39 bits per heavy atom. The number of rotatable bonds is 9. The van der Waals surface area contributed by atoms with Crippen LogP contribution in [-0.2, 0) is 23.8 Å². The van der Waals surface area contributed by atoms with E-state index in [2.05, 4.69) is 27.4 Å². The summed E-state index contributed by atoms with van der Waals surface area (Å²) in [6, 6.07) is -0.167. The maximum atomic E-state index is 6.31. The average molecular weight is 331 g/mol. The molecular formula is C17H33NO5. The molecule has 6 nitrogen and oxygen atoms in total. The second kappa shape index (κ2) is 9.11. The molecule has 1 rings (SSSR count). The van der Waals surface area contributed by atoms with E-state index in [1.165, 1.54) is 0 Å². The zero-order valence-corrected chi connectivity index (χ0v) is 15.6. The van der Waals surface area contributed by atoms with Gasteiger partial charge >= 0.3 is 0 Å². The number of hydroxylamine groups is 2. The maximum Gasteiger partial charge on any atom is 0.105 e. The van der Waals surface area contributed by atoms with Gasteiger partial charge in [0.05, 0.1) is 25.3 Å². The van der Waals surface area contributed by atoms with Crippen LogP contribution < -0.4 is 0 Å². The molecule has 0 aromatic carbocycles. The van der Waals surface area contributed by atoms with Gasteiger partial charge in [0.15, 0.2) is 0 Å². The molecule has 136 valence electrons. The molecule has 0 N–H and O–H groups in total. The van der Waals surface area contributed by atoms with Gasteiger partial charge < -0.3 is 18.9 Å². The summed E-state index contributed by atoms with van der Waals surface area (Å²) < 4.78 is 22.1. The van der Waals surface area contributed by atoms with E-state index in [9.17, 15) is 0 Å². The van der Waals surface area contributed by atoms with E-state index in [0.29, 0.717) is 13.2 Å². The van der Waals surface area contributed by atoms with E-state index in [0.717, 1.165) is 0 Å². The van der Waals surface area contributed by atoms with Crippen LogP contribution in [0.5, 0.6) is 0 Å². The molecule has 0 spiro atoms. The Kier molecular flexibility index (Phi) is 8.13. The van der Waals surface area contributed by atoms with Gasteiger partial charge in [0.25, 0.3) is 0 Å². The number of hydrogen-bond donors (Lipinski definition) is 0. The van der Waals surface area contributed by atoms with Crippen LogP contribution >= 0.6 is 0 Å². The standard InChI is InChI=1S/C17H33NO5/c1-9-14(17(2,3)4)23-18-12(10-19-5)15(21-7)16(22-8)13(18)11-20-6/h9,12-16H,1,10-11H2,2-8H3/t12-,13-,14+,15+,16+/m0/s1. The lowest BCUT2D eigenvalue weighted by Gasteiger charge is -2.36. The fourth-order valence-electron chi connectivity index (χ4n) is 3.08. The van der Waals surface area contributed by atoms with Crippen molar-refractivity contribution in [2.24, 2.45) is 5.41 Å². The van der Waals surface area contributed by atoms with E-state index in [4.69, 9.17) is 23.8 Å². The van der Waals surface area contributed by atoms with Crippen molar-refractivity contribution in [3.05, 3.63) is 12.7 Å². The minimum absolute atomic E-state index is 0.0787. The molecule has 0 aliphatic carbocycles. The van der Waals surface area contributed by atoms with Gasteiger partial charge in [0.1, 0.15) is 18.3 Å². The Hall–Kier alpha value is -0.500. The molecule has 1 saturated heterocycles. The molecule has 0 aromatic heterocycles. The molecule has 6 heteroatoms. The molecule has 5 atom stereocenters. The summed E-state index contributed by atoms with van der Waals surface area (Å²) in [6.07, 6.45) is 1.36. The van der Waals surface area contributed by atoms with E-state index in [1.807, 2.05) is 11.1 Å². The number of nitrogens with zero attached hydrogens (tertiary/aromatic N) is 1. The molecule has 23 heavy (non-hydrogen) atoms. The number of methoxy groups -OCH3 is 4. The summed E-state index contributed by atoms with van der Waals surface area (Å²) in [7, 11) is 6.71. The van der Waals surface area contributed by atoms with E-state index in [-0.39, 0.29) is 35.8 Å². The first-order valence-electron chi connectivity index (χ1n) is 7.96. The third-order valence-corrected chi connectivity index (χ3v) is 4.26. The van der Waals surface area contributed by atoms with Crippen LogP contribution in [0.4, 0.5) is 0 Å². The van der Waals surface area contributed by atoms with Gasteiger partial charge in [-0.15, -0.1) is 6.58 Å².